The summed E-state index contributed by atoms with van der Waals surface area (Å²) < 4.78 is 16.1. The van der Waals surface area contributed by atoms with Crippen LogP contribution >= 0.6 is 0 Å². The SMILES string of the molecule is COc1cc(Nc2cc(C(=O)N3CCCC(C)C3)ccn2)cc(OC)c1OC. The minimum atomic E-state index is 0.0434. The van der Waals surface area contributed by atoms with Crippen molar-refractivity contribution in [3.05, 3.63) is 36.0 Å². The van der Waals surface area contributed by atoms with Crippen molar-refractivity contribution < 1.29 is 19.0 Å². The summed E-state index contributed by atoms with van der Waals surface area (Å²) >= 11 is 0. The molecule has 1 atom stereocenters. The average Bonchev–Trinajstić information content (AvgIpc) is 2.72. The summed E-state index contributed by atoms with van der Waals surface area (Å²) in [6, 6.07) is 7.11. The van der Waals surface area contributed by atoms with Crippen LogP contribution < -0.4 is 19.5 Å². The summed E-state index contributed by atoms with van der Waals surface area (Å²) in [5.74, 6) is 2.76. The van der Waals surface area contributed by atoms with E-state index < -0.39 is 0 Å². The summed E-state index contributed by atoms with van der Waals surface area (Å²) in [7, 11) is 4.70. The minimum Gasteiger partial charge on any atom is -0.493 e. The summed E-state index contributed by atoms with van der Waals surface area (Å²) in [6.07, 6.45) is 3.86. The van der Waals surface area contributed by atoms with Gasteiger partial charge in [0.05, 0.1) is 21.3 Å². The molecule has 28 heavy (non-hydrogen) atoms. The number of nitrogens with zero attached hydrogens (tertiary/aromatic N) is 2. The van der Waals surface area contributed by atoms with E-state index in [1.54, 1.807) is 51.8 Å². The number of anilines is 2. The maximum Gasteiger partial charge on any atom is 0.254 e. The molecule has 1 N–H and O–H groups in total. The molecule has 1 amide bonds. The van der Waals surface area contributed by atoms with E-state index in [0.717, 1.165) is 25.2 Å². The minimum absolute atomic E-state index is 0.0434. The molecule has 1 aliphatic heterocycles. The van der Waals surface area contributed by atoms with Gasteiger partial charge in [0.1, 0.15) is 5.82 Å². The van der Waals surface area contributed by atoms with Gasteiger partial charge in [-0.3, -0.25) is 4.79 Å². The van der Waals surface area contributed by atoms with E-state index in [4.69, 9.17) is 14.2 Å². The molecule has 0 aliphatic carbocycles. The molecule has 1 fully saturated rings. The summed E-state index contributed by atoms with van der Waals surface area (Å²) in [5, 5.41) is 3.21. The maximum atomic E-state index is 12.8. The van der Waals surface area contributed by atoms with Gasteiger partial charge in [-0.05, 0) is 30.9 Å². The van der Waals surface area contributed by atoms with E-state index in [1.807, 2.05) is 4.90 Å². The van der Waals surface area contributed by atoms with Gasteiger partial charge in [-0.1, -0.05) is 6.92 Å². The molecule has 150 valence electrons. The Morgan fingerprint density at radius 1 is 1.14 bits per heavy atom. The molecule has 0 spiro atoms. The number of aromatic nitrogens is 1. The number of rotatable bonds is 6. The number of piperidine rings is 1. The maximum absolute atomic E-state index is 12.8. The number of amides is 1. The van der Waals surface area contributed by atoms with E-state index in [2.05, 4.69) is 17.2 Å². The van der Waals surface area contributed by atoms with Crippen molar-refractivity contribution in [1.29, 1.82) is 0 Å². The number of benzene rings is 1. The molecule has 7 nitrogen and oxygen atoms in total. The van der Waals surface area contributed by atoms with Gasteiger partial charge in [0.2, 0.25) is 5.75 Å². The summed E-state index contributed by atoms with van der Waals surface area (Å²) in [6.45, 7) is 3.79. The molecule has 0 saturated carbocycles. The smallest absolute Gasteiger partial charge is 0.254 e. The van der Waals surface area contributed by atoms with Crippen molar-refractivity contribution in [2.75, 3.05) is 39.7 Å². The second-order valence-electron chi connectivity index (χ2n) is 6.97. The third-order valence-electron chi connectivity index (χ3n) is 4.89. The number of pyridine rings is 1. The van der Waals surface area contributed by atoms with Crippen LogP contribution in [0.4, 0.5) is 11.5 Å². The standard InChI is InChI=1S/C21H27N3O4/c1-14-6-5-9-24(13-14)21(25)15-7-8-22-19(10-15)23-16-11-17(26-2)20(28-4)18(12-16)27-3/h7-8,10-12,14H,5-6,9,13H2,1-4H3,(H,22,23). The lowest BCUT2D eigenvalue weighted by atomic mass is 9.99. The van der Waals surface area contributed by atoms with Gasteiger partial charge < -0.3 is 24.4 Å². The summed E-state index contributed by atoms with van der Waals surface area (Å²) in [4.78, 5) is 19.1. The van der Waals surface area contributed by atoms with Crippen LogP contribution in [0.1, 0.15) is 30.1 Å². The first-order chi connectivity index (χ1) is 13.5. The van der Waals surface area contributed by atoms with Crippen LogP contribution in [0.15, 0.2) is 30.5 Å². The second kappa shape index (κ2) is 8.82. The van der Waals surface area contributed by atoms with Gasteiger partial charge in [0, 0.05) is 42.7 Å². The van der Waals surface area contributed by atoms with Gasteiger partial charge in [-0.2, -0.15) is 0 Å². The third kappa shape index (κ3) is 4.30. The predicted octanol–water partition coefficient (Wildman–Crippen LogP) is 3.72. The molecular weight excluding hydrogens is 358 g/mol. The molecule has 0 bridgehead atoms. The van der Waals surface area contributed by atoms with Gasteiger partial charge in [-0.15, -0.1) is 0 Å². The Morgan fingerprint density at radius 2 is 1.86 bits per heavy atom. The van der Waals surface area contributed by atoms with Crippen molar-refractivity contribution in [3.63, 3.8) is 0 Å². The van der Waals surface area contributed by atoms with Crippen LogP contribution in [0.3, 0.4) is 0 Å². The number of hydrogen-bond acceptors (Lipinski definition) is 6. The number of nitrogens with one attached hydrogen (secondary N) is 1. The fourth-order valence-electron chi connectivity index (χ4n) is 3.49. The molecule has 1 aromatic heterocycles. The summed E-state index contributed by atoms with van der Waals surface area (Å²) in [5.41, 5.74) is 1.34. The van der Waals surface area contributed by atoms with Crippen molar-refractivity contribution in [2.45, 2.75) is 19.8 Å². The van der Waals surface area contributed by atoms with Crippen molar-refractivity contribution >= 4 is 17.4 Å². The largest absolute Gasteiger partial charge is 0.493 e. The van der Waals surface area contributed by atoms with Crippen LogP contribution in [0.2, 0.25) is 0 Å². The van der Waals surface area contributed by atoms with E-state index >= 15 is 0 Å². The average molecular weight is 385 g/mol. The van der Waals surface area contributed by atoms with Crippen LogP contribution in [0, 0.1) is 5.92 Å². The molecule has 2 heterocycles. The second-order valence-corrected chi connectivity index (χ2v) is 6.97. The molecule has 2 aromatic rings. The Bertz CT molecular complexity index is 815. The molecule has 0 radical (unpaired) electrons. The topological polar surface area (TPSA) is 72.9 Å². The molecule has 1 unspecified atom stereocenters. The Kier molecular flexibility index (Phi) is 6.23. The van der Waals surface area contributed by atoms with Crippen LogP contribution in [0.25, 0.3) is 0 Å². The molecule has 1 aliphatic rings. The fourth-order valence-corrected chi connectivity index (χ4v) is 3.49. The van der Waals surface area contributed by atoms with E-state index in [9.17, 15) is 4.79 Å². The lowest BCUT2D eigenvalue weighted by Gasteiger charge is -2.31. The van der Waals surface area contributed by atoms with Crippen LogP contribution in [-0.4, -0.2) is 50.2 Å². The fraction of sp³-hybridized carbons (Fsp3) is 0.429. The quantitative estimate of drug-likeness (QED) is 0.817. The lowest BCUT2D eigenvalue weighted by Crippen LogP contribution is -2.39. The first kappa shape index (κ1) is 19.8. The highest BCUT2D eigenvalue weighted by molar-refractivity contribution is 5.95. The number of likely N-dealkylation sites (tertiary alicyclic amines) is 1. The zero-order valence-electron chi connectivity index (χ0n) is 16.8. The van der Waals surface area contributed by atoms with E-state index in [1.165, 1.54) is 6.42 Å². The normalized spacial score (nSPS) is 16.4. The van der Waals surface area contributed by atoms with Gasteiger partial charge in [0.15, 0.2) is 11.5 Å². The lowest BCUT2D eigenvalue weighted by molar-refractivity contribution is 0.0683. The Hall–Kier alpha value is -2.96. The molecule has 3 rings (SSSR count). The van der Waals surface area contributed by atoms with Crippen molar-refractivity contribution in [1.82, 2.24) is 9.88 Å². The molecule has 1 aromatic carbocycles. The van der Waals surface area contributed by atoms with Gasteiger partial charge >= 0.3 is 0 Å². The predicted molar refractivity (Wildman–Crippen MR) is 108 cm³/mol. The Labute approximate surface area is 165 Å². The van der Waals surface area contributed by atoms with E-state index in [0.29, 0.717) is 34.5 Å². The number of methoxy groups -OCH3 is 3. The number of ether oxygens (including phenoxy) is 3. The molecule has 7 heteroatoms. The van der Waals surface area contributed by atoms with Crippen molar-refractivity contribution in [2.24, 2.45) is 5.92 Å². The first-order valence-electron chi connectivity index (χ1n) is 9.38. The number of carbonyl (C=O) groups excluding carboxylic acids is 1. The highest BCUT2D eigenvalue weighted by Gasteiger charge is 2.22. The highest BCUT2D eigenvalue weighted by Crippen LogP contribution is 2.40. The van der Waals surface area contributed by atoms with Crippen LogP contribution in [-0.2, 0) is 0 Å². The zero-order valence-corrected chi connectivity index (χ0v) is 16.8. The monoisotopic (exact) mass is 385 g/mol. The zero-order chi connectivity index (χ0) is 20.1. The Morgan fingerprint density at radius 3 is 2.46 bits per heavy atom. The first-order valence-corrected chi connectivity index (χ1v) is 9.38. The van der Waals surface area contributed by atoms with Gasteiger partial charge in [-0.25, -0.2) is 4.98 Å². The van der Waals surface area contributed by atoms with Crippen molar-refractivity contribution in [3.8, 4) is 17.2 Å². The van der Waals surface area contributed by atoms with Gasteiger partial charge in [0.25, 0.3) is 5.91 Å². The number of hydrogen-bond donors (Lipinski definition) is 1. The Balaban J connectivity index is 1.82. The van der Waals surface area contributed by atoms with E-state index in [-0.39, 0.29) is 5.91 Å². The van der Waals surface area contributed by atoms with Crippen LogP contribution in [0.5, 0.6) is 17.2 Å². The molecular formula is C21H27N3O4. The third-order valence-corrected chi connectivity index (χ3v) is 4.89. The molecule has 1 saturated heterocycles. The number of carbonyl (C=O) groups is 1. The highest BCUT2D eigenvalue weighted by atomic mass is 16.5.